The first-order chi connectivity index (χ1) is 14.7. The van der Waals surface area contributed by atoms with E-state index in [9.17, 15) is 9.59 Å². The van der Waals surface area contributed by atoms with E-state index in [-0.39, 0.29) is 12.0 Å². The number of carbonyl (C=O) groups excluding carboxylic acids is 1. The van der Waals surface area contributed by atoms with Gasteiger partial charge in [-0.25, -0.2) is 4.79 Å². The maximum Gasteiger partial charge on any atom is 0.492 e. The number of amides is 1. The molecule has 3 rings (SSSR count). The van der Waals surface area contributed by atoms with Crippen LogP contribution in [0.15, 0.2) is 34.5 Å². The molecule has 1 aliphatic rings. The van der Waals surface area contributed by atoms with Gasteiger partial charge in [-0.15, -0.1) is 0 Å². The Kier molecular flexibility index (Phi) is 6.33. The quantitative estimate of drug-likeness (QED) is 0.689. The first-order valence-electron chi connectivity index (χ1n) is 10.8. The smallest absolute Gasteiger partial charge is 0.444 e. The molecule has 0 bridgehead atoms. The van der Waals surface area contributed by atoms with Crippen molar-refractivity contribution in [1.82, 2.24) is 10.3 Å². The van der Waals surface area contributed by atoms with E-state index in [1.165, 1.54) is 0 Å². The van der Waals surface area contributed by atoms with Crippen molar-refractivity contribution >= 4 is 30.2 Å². The molecule has 32 heavy (non-hydrogen) atoms. The number of hydrogen-bond donors (Lipinski definition) is 2. The third kappa shape index (κ3) is 5.42. The van der Waals surface area contributed by atoms with Gasteiger partial charge >= 0.3 is 13.2 Å². The molecule has 1 fully saturated rings. The van der Waals surface area contributed by atoms with E-state index in [2.05, 4.69) is 10.3 Å². The molecular formula is C24H33BN2O5. The van der Waals surface area contributed by atoms with Gasteiger partial charge in [0, 0.05) is 29.2 Å². The van der Waals surface area contributed by atoms with Gasteiger partial charge in [0.15, 0.2) is 5.43 Å². The van der Waals surface area contributed by atoms with Crippen LogP contribution < -0.4 is 10.7 Å². The minimum atomic E-state index is -0.651. The fourth-order valence-corrected chi connectivity index (χ4v) is 3.39. The van der Waals surface area contributed by atoms with Crippen molar-refractivity contribution in [3.63, 3.8) is 0 Å². The maximum absolute atomic E-state index is 12.4. The van der Waals surface area contributed by atoms with Gasteiger partial charge in [0.1, 0.15) is 5.60 Å². The number of ether oxygens (including phenoxy) is 1. The molecule has 1 aliphatic heterocycles. The topological polar surface area (TPSA) is 89.7 Å². The summed E-state index contributed by atoms with van der Waals surface area (Å²) < 4.78 is 17.8. The number of aromatic nitrogens is 1. The second-order valence-electron chi connectivity index (χ2n) is 10.3. The largest absolute Gasteiger partial charge is 0.492 e. The molecule has 0 aliphatic carbocycles. The summed E-state index contributed by atoms with van der Waals surface area (Å²) in [5.41, 5.74) is 1.41. The summed E-state index contributed by atoms with van der Waals surface area (Å²) >= 11 is 0. The molecule has 1 aromatic heterocycles. The van der Waals surface area contributed by atoms with Gasteiger partial charge in [-0.05, 0) is 78.6 Å². The number of aromatic amines is 1. The number of rotatable bonds is 4. The fourth-order valence-electron chi connectivity index (χ4n) is 3.39. The number of hydrogen-bond acceptors (Lipinski definition) is 5. The van der Waals surface area contributed by atoms with Crippen molar-refractivity contribution in [2.45, 2.75) is 72.2 Å². The Hall–Kier alpha value is -2.58. The average molecular weight is 440 g/mol. The maximum atomic E-state index is 12.4. The third-order valence-corrected chi connectivity index (χ3v) is 5.73. The summed E-state index contributed by atoms with van der Waals surface area (Å²) in [5.74, 6) is 0. The molecule has 0 spiro atoms. The molecule has 7 nitrogen and oxygen atoms in total. The normalized spacial score (nSPS) is 18.1. The van der Waals surface area contributed by atoms with Crippen molar-refractivity contribution in [3.8, 4) is 0 Å². The number of fused-ring (bicyclic) bond motifs is 1. The Morgan fingerprint density at radius 2 is 1.78 bits per heavy atom. The van der Waals surface area contributed by atoms with Crippen LogP contribution in [0.5, 0.6) is 0 Å². The standard InChI is InChI=1S/C24H33BN2O5/c1-15-11-20(28)18-13-16(9-10-19(18)27-15)12-17(14-26-21(29)30-22(2,3)4)25-31-23(5,6)24(7,8)32-25/h9-13H,14H2,1-8H3,(H,26,29)(H,27,28). The lowest BCUT2D eigenvalue weighted by Crippen LogP contribution is -2.41. The minimum absolute atomic E-state index is 0.0458. The van der Waals surface area contributed by atoms with E-state index in [4.69, 9.17) is 14.0 Å². The summed E-state index contributed by atoms with van der Waals surface area (Å²) in [6.45, 7) is 15.4. The number of nitrogens with one attached hydrogen (secondary N) is 2. The predicted molar refractivity (Wildman–Crippen MR) is 128 cm³/mol. The second-order valence-corrected chi connectivity index (χ2v) is 10.3. The van der Waals surface area contributed by atoms with Gasteiger partial charge < -0.3 is 24.3 Å². The lowest BCUT2D eigenvalue weighted by atomic mass is 9.77. The zero-order chi connectivity index (χ0) is 23.9. The van der Waals surface area contributed by atoms with Gasteiger partial charge in [-0.3, -0.25) is 4.79 Å². The lowest BCUT2D eigenvalue weighted by Gasteiger charge is -2.32. The molecule has 2 aromatic rings. The number of benzene rings is 1. The molecule has 172 valence electrons. The van der Waals surface area contributed by atoms with Gasteiger partial charge in [0.2, 0.25) is 0 Å². The van der Waals surface area contributed by atoms with E-state index >= 15 is 0 Å². The van der Waals surface area contributed by atoms with Crippen LogP contribution in [-0.4, -0.2) is 41.5 Å². The Bertz CT molecular complexity index is 1100. The molecule has 2 heterocycles. The van der Waals surface area contributed by atoms with Crippen LogP contribution in [0.3, 0.4) is 0 Å². The highest BCUT2D eigenvalue weighted by Gasteiger charge is 2.52. The molecule has 0 atom stereocenters. The van der Waals surface area contributed by atoms with Gasteiger partial charge in [-0.2, -0.15) is 0 Å². The second kappa shape index (κ2) is 8.41. The van der Waals surface area contributed by atoms with Gasteiger partial charge in [0.05, 0.1) is 11.2 Å². The summed E-state index contributed by atoms with van der Waals surface area (Å²) in [6.07, 6.45) is 1.36. The third-order valence-electron chi connectivity index (χ3n) is 5.73. The first-order valence-corrected chi connectivity index (χ1v) is 10.8. The fraction of sp³-hybridized carbons (Fsp3) is 0.500. The zero-order valence-corrected chi connectivity index (χ0v) is 20.2. The highest BCUT2D eigenvalue weighted by molar-refractivity contribution is 6.56. The SMILES string of the molecule is Cc1cc(=O)c2cc(C=C(CNC(=O)OC(C)(C)C)B3OC(C)(C)C(C)(C)O3)ccc2[nH]1. The van der Waals surface area contributed by atoms with E-state index in [0.717, 1.165) is 22.2 Å². The Labute approximate surface area is 189 Å². The summed E-state index contributed by atoms with van der Waals surface area (Å²) in [4.78, 5) is 27.9. The Balaban J connectivity index is 1.95. The van der Waals surface area contributed by atoms with E-state index < -0.39 is 30.0 Å². The zero-order valence-electron chi connectivity index (χ0n) is 20.2. The molecule has 1 saturated heterocycles. The van der Waals surface area contributed by atoms with E-state index in [0.29, 0.717) is 5.39 Å². The Morgan fingerprint density at radius 1 is 1.16 bits per heavy atom. The molecule has 1 aromatic carbocycles. The summed E-state index contributed by atoms with van der Waals surface area (Å²) in [5, 5.41) is 3.38. The van der Waals surface area contributed by atoms with Gasteiger partial charge in [0.25, 0.3) is 0 Å². The summed E-state index contributed by atoms with van der Waals surface area (Å²) in [6, 6.07) is 7.19. The van der Waals surface area contributed by atoms with Crippen LogP contribution in [0.1, 0.15) is 59.7 Å². The molecule has 0 unspecified atom stereocenters. The van der Waals surface area contributed by atoms with E-state index in [1.54, 1.807) is 6.07 Å². The number of aryl methyl sites for hydroxylation is 1. The number of H-pyrrole nitrogens is 1. The number of pyridine rings is 1. The van der Waals surface area contributed by atoms with Crippen molar-refractivity contribution in [1.29, 1.82) is 0 Å². The Morgan fingerprint density at radius 3 is 2.38 bits per heavy atom. The van der Waals surface area contributed by atoms with Crippen molar-refractivity contribution in [2.75, 3.05) is 6.54 Å². The van der Waals surface area contributed by atoms with Crippen LogP contribution in [-0.2, 0) is 14.0 Å². The summed E-state index contributed by atoms with van der Waals surface area (Å²) in [7, 11) is -0.651. The van der Waals surface area contributed by atoms with Crippen LogP contribution in [0.2, 0.25) is 0 Å². The molecule has 2 N–H and O–H groups in total. The van der Waals surface area contributed by atoms with Crippen molar-refractivity contribution in [3.05, 3.63) is 51.2 Å². The molecule has 8 heteroatoms. The van der Waals surface area contributed by atoms with Crippen molar-refractivity contribution in [2.24, 2.45) is 0 Å². The lowest BCUT2D eigenvalue weighted by molar-refractivity contribution is 0.00578. The highest BCUT2D eigenvalue weighted by Crippen LogP contribution is 2.38. The van der Waals surface area contributed by atoms with Crippen LogP contribution in [0.4, 0.5) is 4.79 Å². The molecule has 0 radical (unpaired) electrons. The average Bonchev–Trinajstić information content (AvgIpc) is 2.84. The molecule has 0 saturated carbocycles. The van der Waals surface area contributed by atoms with Crippen LogP contribution in [0, 0.1) is 6.92 Å². The monoisotopic (exact) mass is 440 g/mol. The highest BCUT2D eigenvalue weighted by atomic mass is 16.7. The van der Waals surface area contributed by atoms with E-state index in [1.807, 2.05) is 79.7 Å². The van der Waals surface area contributed by atoms with Crippen molar-refractivity contribution < 1.29 is 18.8 Å². The van der Waals surface area contributed by atoms with Gasteiger partial charge in [-0.1, -0.05) is 12.1 Å². The van der Waals surface area contributed by atoms with Crippen LogP contribution >= 0.6 is 0 Å². The number of alkyl carbamates (subject to hydrolysis) is 1. The molecule has 1 amide bonds. The number of carbonyl (C=O) groups is 1. The predicted octanol–water partition coefficient (Wildman–Crippen LogP) is 4.38. The first kappa shape index (κ1) is 24.1. The minimum Gasteiger partial charge on any atom is -0.444 e. The van der Waals surface area contributed by atoms with Crippen LogP contribution in [0.25, 0.3) is 17.0 Å². The molecular weight excluding hydrogens is 407 g/mol.